The third kappa shape index (κ3) is 4.45. The van der Waals surface area contributed by atoms with Crippen molar-refractivity contribution < 1.29 is 4.79 Å². The average Bonchev–Trinajstić information content (AvgIpc) is 3.10. The van der Waals surface area contributed by atoms with Gasteiger partial charge in [-0.05, 0) is 38.8 Å². The van der Waals surface area contributed by atoms with Crippen molar-refractivity contribution in [3.8, 4) is 0 Å². The number of hydrogen-bond acceptors (Lipinski definition) is 4. The molecular weight excluding hydrogens is 314 g/mol. The molecular formula is C19H27N5O. The van der Waals surface area contributed by atoms with Crippen molar-refractivity contribution in [2.24, 2.45) is 0 Å². The summed E-state index contributed by atoms with van der Waals surface area (Å²) < 4.78 is 1.87. The van der Waals surface area contributed by atoms with Crippen molar-refractivity contribution in [3.05, 3.63) is 48.5 Å². The number of aromatic nitrogens is 3. The Bertz CT molecular complexity index is 656. The second-order valence-electron chi connectivity index (χ2n) is 6.98. The molecule has 1 aromatic heterocycles. The van der Waals surface area contributed by atoms with Crippen molar-refractivity contribution >= 4 is 5.91 Å². The van der Waals surface area contributed by atoms with Crippen LogP contribution in [0.25, 0.3) is 0 Å². The van der Waals surface area contributed by atoms with Gasteiger partial charge in [-0.1, -0.05) is 36.8 Å². The lowest BCUT2D eigenvalue weighted by atomic mass is 9.95. The quantitative estimate of drug-likeness (QED) is 0.876. The second kappa shape index (κ2) is 8.25. The Morgan fingerprint density at radius 2 is 2.08 bits per heavy atom. The molecule has 1 saturated heterocycles. The van der Waals surface area contributed by atoms with Crippen LogP contribution in [0, 0.1) is 0 Å². The average molecular weight is 341 g/mol. The molecule has 25 heavy (non-hydrogen) atoms. The number of carbonyl (C=O) groups excluding carboxylic acids is 1. The zero-order valence-corrected chi connectivity index (χ0v) is 15.0. The number of nitrogens with one attached hydrogen (secondary N) is 1. The third-order valence-corrected chi connectivity index (χ3v) is 4.66. The summed E-state index contributed by atoms with van der Waals surface area (Å²) in [6.07, 6.45) is 6.68. The minimum absolute atomic E-state index is 0.0756. The van der Waals surface area contributed by atoms with Crippen LogP contribution in [0.1, 0.15) is 44.7 Å². The van der Waals surface area contributed by atoms with E-state index in [4.69, 9.17) is 0 Å². The minimum Gasteiger partial charge on any atom is -0.352 e. The molecule has 1 fully saturated rings. The molecule has 3 rings (SSSR count). The summed E-state index contributed by atoms with van der Waals surface area (Å²) in [6, 6.07) is 10.2. The molecule has 134 valence electrons. The van der Waals surface area contributed by atoms with Gasteiger partial charge in [0.2, 0.25) is 5.91 Å². The van der Waals surface area contributed by atoms with Gasteiger partial charge in [0.15, 0.2) is 0 Å². The van der Waals surface area contributed by atoms with Gasteiger partial charge in [-0.25, -0.2) is 4.98 Å². The molecule has 0 unspecified atom stereocenters. The van der Waals surface area contributed by atoms with Gasteiger partial charge in [-0.2, -0.15) is 5.10 Å². The molecule has 6 heteroatoms. The van der Waals surface area contributed by atoms with E-state index in [0.29, 0.717) is 0 Å². The SMILES string of the molecule is CC(C)NC(=O)[C@H](c1ccccc1)N1CCCC[C@H]1Cn1cncn1. The fourth-order valence-corrected chi connectivity index (χ4v) is 3.59. The first-order chi connectivity index (χ1) is 12.1. The highest BCUT2D eigenvalue weighted by atomic mass is 16.2. The maximum absolute atomic E-state index is 13.0. The van der Waals surface area contributed by atoms with E-state index in [1.165, 1.54) is 6.42 Å². The number of benzene rings is 1. The highest BCUT2D eigenvalue weighted by Gasteiger charge is 2.34. The Labute approximate surface area is 149 Å². The molecule has 2 atom stereocenters. The Hall–Kier alpha value is -2.21. The van der Waals surface area contributed by atoms with E-state index in [1.807, 2.05) is 48.9 Å². The Morgan fingerprint density at radius 1 is 1.28 bits per heavy atom. The first-order valence-electron chi connectivity index (χ1n) is 9.08. The van der Waals surface area contributed by atoms with E-state index in [9.17, 15) is 4.79 Å². The highest BCUT2D eigenvalue weighted by molar-refractivity contribution is 5.83. The van der Waals surface area contributed by atoms with E-state index >= 15 is 0 Å². The monoisotopic (exact) mass is 341 g/mol. The van der Waals surface area contributed by atoms with Crippen molar-refractivity contribution in [2.45, 2.75) is 57.8 Å². The van der Waals surface area contributed by atoms with Crippen LogP contribution in [-0.2, 0) is 11.3 Å². The molecule has 2 aromatic rings. The number of hydrogen-bond donors (Lipinski definition) is 1. The van der Waals surface area contributed by atoms with Gasteiger partial charge in [-0.3, -0.25) is 14.4 Å². The summed E-state index contributed by atoms with van der Waals surface area (Å²) in [6.45, 7) is 5.69. The molecule has 0 radical (unpaired) electrons. The van der Waals surface area contributed by atoms with Gasteiger partial charge >= 0.3 is 0 Å². The van der Waals surface area contributed by atoms with Crippen molar-refractivity contribution in [1.29, 1.82) is 0 Å². The normalized spacial score (nSPS) is 19.7. The van der Waals surface area contributed by atoms with Gasteiger partial charge in [-0.15, -0.1) is 0 Å². The Balaban J connectivity index is 1.87. The lowest BCUT2D eigenvalue weighted by molar-refractivity contribution is -0.129. The minimum atomic E-state index is -0.266. The van der Waals surface area contributed by atoms with Gasteiger partial charge in [0.05, 0.1) is 6.54 Å². The molecule has 1 N–H and O–H groups in total. The summed E-state index contributed by atoms with van der Waals surface area (Å²) in [4.78, 5) is 19.4. The number of rotatable bonds is 6. The van der Waals surface area contributed by atoms with E-state index in [1.54, 1.807) is 12.7 Å². The van der Waals surface area contributed by atoms with Crippen LogP contribution in [0.2, 0.25) is 0 Å². The second-order valence-corrected chi connectivity index (χ2v) is 6.98. The number of nitrogens with zero attached hydrogens (tertiary/aromatic N) is 4. The number of piperidine rings is 1. The molecule has 1 aliphatic heterocycles. The zero-order valence-electron chi connectivity index (χ0n) is 15.0. The van der Waals surface area contributed by atoms with Gasteiger partial charge in [0.25, 0.3) is 0 Å². The lowest BCUT2D eigenvalue weighted by Gasteiger charge is -2.40. The molecule has 0 bridgehead atoms. The van der Waals surface area contributed by atoms with Crippen molar-refractivity contribution in [2.75, 3.05) is 6.54 Å². The topological polar surface area (TPSA) is 63.1 Å². The molecule has 0 aliphatic carbocycles. The predicted molar refractivity (Wildman–Crippen MR) is 96.8 cm³/mol. The van der Waals surface area contributed by atoms with Crippen LogP contribution in [0.5, 0.6) is 0 Å². The first kappa shape index (κ1) is 17.6. The summed E-state index contributed by atoms with van der Waals surface area (Å²) in [5.74, 6) is 0.0756. The first-order valence-corrected chi connectivity index (χ1v) is 9.08. The lowest BCUT2D eigenvalue weighted by Crippen LogP contribution is -2.50. The van der Waals surface area contributed by atoms with Crippen LogP contribution in [0.3, 0.4) is 0 Å². The largest absolute Gasteiger partial charge is 0.352 e. The molecule has 1 aliphatic rings. The summed E-state index contributed by atoms with van der Waals surface area (Å²) in [5.41, 5.74) is 1.05. The Kier molecular flexibility index (Phi) is 5.81. The summed E-state index contributed by atoms with van der Waals surface area (Å²) in [7, 11) is 0. The number of likely N-dealkylation sites (tertiary alicyclic amines) is 1. The summed E-state index contributed by atoms with van der Waals surface area (Å²) in [5, 5.41) is 7.35. The van der Waals surface area contributed by atoms with Crippen molar-refractivity contribution in [3.63, 3.8) is 0 Å². The van der Waals surface area contributed by atoms with Gasteiger partial charge < -0.3 is 5.32 Å². The maximum atomic E-state index is 13.0. The van der Waals surface area contributed by atoms with E-state index in [0.717, 1.165) is 31.5 Å². The molecule has 1 amide bonds. The van der Waals surface area contributed by atoms with Crippen LogP contribution >= 0.6 is 0 Å². The standard InChI is InChI=1S/C19H27N5O/c1-15(2)22-19(25)18(16-8-4-3-5-9-16)24-11-7-6-10-17(24)12-23-14-20-13-21-23/h3-5,8-9,13-15,17-18H,6-7,10-12H2,1-2H3,(H,22,25)/t17-,18-/m0/s1. The third-order valence-electron chi connectivity index (χ3n) is 4.66. The van der Waals surface area contributed by atoms with Crippen LogP contribution in [0.15, 0.2) is 43.0 Å². The van der Waals surface area contributed by atoms with Gasteiger partial charge in [0, 0.05) is 12.1 Å². The predicted octanol–water partition coefficient (Wildman–Crippen LogP) is 2.40. The fraction of sp³-hybridized carbons (Fsp3) is 0.526. The number of carbonyl (C=O) groups is 1. The van der Waals surface area contributed by atoms with E-state index < -0.39 is 0 Å². The molecule has 1 aromatic carbocycles. The molecule has 6 nitrogen and oxygen atoms in total. The maximum Gasteiger partial charge on any atom is 0.242 e. The van der Waals surface area contributed by atoms with Crippen LogP contribution in [-0.4, -0.2) is 44.2 Å². The number of amides is 1. The van der Waals surface area contributed by atoms with Gasteiger partial charge in [0.1, 0.15) is 18.7 Å². The smallest absolute Gasteiger partial charge is 0.242 e. The van der Waals surface area contributed by atoms with Crippen molar-refractivity contribution in [1.82, 2.24) is 25.0 Å². The molecule has 2 heterocycles. The zero-order chi connectivity index (χ0) is 17.6. The molecule has 0 spiro atoms. The van der Waals surface area contributed by atoms with Crippen LogP contribution < -0.4 is 5.32 Å². The van der Waals surface area contributed by atoms with E-state index in [-0.39, 0.29) is 24.0 Å². The summed E-state index contributed by atoms with van der Waals surface area (Å²) >= 11 is 0. The molecule has 0 saturated carbocycles. The highest BCUT2D eigenvalue weighted by Crippen LogP contribution is 2.30. The van der Waals surface area contributed by atoms with E-state index in [2.05, 4.69) is 20.3 Å². The van der Waals surface area contributed by atoms with Crippen LogP contribution in [0.4, 0.5) is 0 Å². The Morgan fingerprint density at radius 3 is 2.76 bits per heavy atom. The fourth-order valence-electron chi connectivity index (χ4n) is 3.59.